The molecule has 3 nitrogen and oxygen atoms in total. The average Bonchev–Trinajstić information content (AvgIpc) is 3.02. The van der Waals surface area contributed by atoms with Gasteiger partial charge in [0, 0.05) is 29.0 Å². The number of fused-ring (bicyclic) bond motifs is 1. The van der Waals surface area contributed by atoms with Gasteiger partial charge in [0.2, 0.25) is 0 Å². The third kappa shape index (κ3) is 2.25. The molecule has 1 aromatic carbocycles. The number of hydrogen-bond donors (Lipinski definition) is 1. The molecule has 2 aromatic heterocycles. The van der Waals surface area contributed by atoms with Crippen molar-refractivity contribution < 1.29 is 0 Å². The number of hydrogen-bond acceptors (Lipinski definition) is 3. The van der Waals surface area contributed by atoms with Gasteiger partial charge in [-0.3, -0.25) is 4.68 Å². The van der Waals surface area contributed by atoms with Gasteiger partial charge in [0.1, 0.15) is 0 Å². The molecule has 1 N–H and O–H groups in total. The molecule has 0 amide bonds. The number of rotatable bonds is 4. The first kappa shape index (κ1) is 13.3. The summed E-state index contributed by atoms with van der Waals surface area (Å²) in [6.45, 7) is 2.12. The van der Waals surface area contributed by atoms with Gasteiger partial charge in [0.15, 0.2) is 0 Å². The van der Waals surface area contributed by atoms with Crippen LogP contribution in [-0.4, -0.2) is 16.8 Å². The maximum atomic E-state index is 4.36. The van der Waals surface area contributed by atoms with E-state index in [0.717, 1.165) is 6.42 Å². The lowest BCUT2D eigenvalue weighted by atomic mass is 9.99. The second-order valence-electron chi connectivity index (χ2n) is 5.11. The Kier molecular flexibility index (Phi) is 3.59. The summed E-state index contributed by atoms with van der Waals surface area (Å²) >= 11 is 1.82. The normalized spacial score (nSPS) is 12.9. The molecule has 0 saturated heterocycles. The van der Waals surface area contributed by atoms with Crippen molar-refractivity contribution in [1.82, 2.24) is 15.1 Å². The zero-order chi connectivity index (χ0) is 14.1. The van der Waals surface area contributed by atoms with E-state index in [9.17, 15) is 0 Å². The fraction of sp³-hybridized carbons (Fsp3) is 0.312. The second kappa shape index (κ2) is 5.38. The molecule has 0 radical (unpaired) electrons. The first-order chi connectivity index (χ1) is 9.70. The summed E-state index contributed by atoms with van der Waals surface area (Å²) in [4.78, 5) is 0. The fourth-order valence-electron chi connectivity index (χ4n) is 2.64. The van der Waals surface area contributed by atoms with E-state index in [-0.39, 0.29) is 0 Å². The second-order valence-corrected chi connectivity index (χ2v) is 6.02. The van der Waals surface area contributed by atoms with Crippen molar-refractivity contribution in [3.63, 3.8) is 0 Å². The number of aryl methyl sites for hydroxylation is 1. The quantitative estimate of drug-likeness (QED) is 0.795. The molecule has 0 bridgehead atoms. The van der Waals surface area contributed by atoms with Crippen molar-refractivity contribution in [2.45, 2.75) is 19.4 Å². The Labute approximate surface area is 123 Å². The number of nitrogens with one attached hydrogen (secondary N) is 1. The lowest BCUT2D eigenvalue weighted by molar-refractivity contribution is 0.589. The van der Waals surface area contributed by atoms with Crippen molar-refractivity contribution in [2.24, 2.45) is 7.05 Å². The van der Waals surface area contributed by atoms with Gasteiger partial charge in [-0.2, -0.15) is 5.10 Å². The van der Waals surface area contributed by atoms with Crippen LogP contribution in [0.15, 0.2) is 35.8 Å². The van der Waals surface area contributed by atoms with Crippen LogP contribution in [0.25, 0.3) is 10.1 Å². The lowest BCUT2D eigenvalue weighted by Crippen LogP contribution is -2.19. The van der Waals surface area contributed by atoms with Crippen LogP contribution in [0, 0.1) is 6.92 Å². The zero-order valence-electron chi connectivity index (χ0n) is 12.1. The SMILES string of the molecule is CNC(Cc1csc2ccccc12)c1cnn(C)c1C. The van der Waals surface area contributed by atoms with Crippen LogP contribution in [0.2, 0.25) is 0 Å². The molecule has 0 spiro atoms. The van der Waals surface area contributed by atoms with Gasteiger partial charge < -0.3 is 5.32 Å². The number of aromatic nitrogens is 2. The highest BCUT2D eigenvalue weighted by Crippen LogP contribution is 2.30. The van der Waals surface area contributed by atoms with Crippen LogP contribution in [0.5, 0.6) is 0 Å². The van der Waals surface area contributed by atoms with E-state index >= 15 is 0 Å². The molecular weight excluding hydrogens is 266 g/mol. The van der Waals surface area contributed by atoms with Crippen molar-refractivity contribution in [2.75, 3.05) is 7.05 Å². The van der Waals surface area contributed by atoms with Crippen molar-refractivity contribution in [3.05, 3.63) is 52.7 Å². The smallest absolute Gasteiger partial charge is 0.0540 e. The first-order valence-corrected chi connectivity index (χ1v) is 7.69. The summed E-state index contributed by atoms with van der Waals surface area (Å²) in [5.41, 5.74) is 3.92. The summed E-state index contributed by atoms with van der Waals surface area (Å²) in [7, 11) is 4.01. The van der Waals surface area contributed by atoms with Crippen LogP contribution in [0.1, 0.15) is 22.9 Å². The Morgan fingerprint density at radius 2 is 2.15 bits per heavy atom. The van der Waals surface area contributed by atoms with E-state index in [1.165, 1.54) is 26.9 Å². The Morgan fingerprint density at radius 3 is 2.85 bits per heavy atom. The third-order valence-electron chi connectivity index (χ3n) is 3.98. The van der Waals surface area contributed by atoms with Crippen molar-refractivity contribution in [1.29, 1.82) is 0 Å². The Bertz CT molecular complexity index is 726. The third-order valence-corrected chi connectivity index (χ3v) is 4.99. The fourth-order valence-corrected chi connectivity index (χ4v) is 3.61. The van der Waals surface area contributed by atoms with Gasteiger partial charge in [0.25, 0.3) is 0 Å². The van der Waals surface area contributed by atoms with Gasteiger partial charge in [-0.1, -0.05) is 18.2 Å². The maximum Gasteiger partial charge on any atom is 0.0540 e. The predicted molar refractivity (Wildman–Crippen MR) is 85.3 cm³/mol. The molecule has 0 aliphatic heterocycles. The van der Waals surface area contributed by atoms with Gasteiger partial charge in [-0.25, -0.2) is 0 Å². The maximum absolute atomic E-state index is 4.36. The van der Waals surface area contributed by atoms with Crippen LogP contribution < -0.4 is 5.32 Å². The minimum Gasteiger partial charge on any atom is -0.313 e. The van der Waals surface area contributed by atoms with Gasteiger partial charge in [-0.15, -0.1) is 11.3 Å². The molecule has 2 heterocycles. The number of likely N-dealkylation sites (N-methyl/N-ethyl adjacent to an activating group) is 1. The summed E-state index contributed by atoms with van der Waals surface area (Å²) in [5, 5.41) is 11.4. The van der Waals surface area contributed by atoms with Crippen LogP contribution in [0.4, 0.5) is 0 Å². The highest BCUT2D eigenvalue weighted by molar-refractivity contribution is 7.17. The highest BCUT2D eigenvalue weighted by atomic mass is 32.1. The van der Waals surface area contributed by atoms with E-state index in [4.69, 9.17) is 0 Å². The van der Waals surface area contributed by atoms with Crippen molar-refractivity contribution in [3.8, 4) is 0 Å². The molecule has 104 valence electrons. The molecule has 4 heteroatoms. The van der Waals surface area contributed by atoms with E-state index in [1.54, 1.807) is 0 Å². The van der Waals surface area contributed by atoms with E-state index in [0.29, 0.717) is 6.04 Å². The minimum absolute atomic E-state index is 0.307. The topological polar surface area (TPSA) is 29.9 Å². The predicted octanol–water partition coefficient (Wildman–Crippen LogP) is 3.45. The number of nitrogens with zero attached hydrogens (tertiary/aromatic N) is 2. The Morgan fingerprint density at radius 1 is 1.35 bits per heavy atom. The average molecular weight is 285 g/mol. The standard InChI is InChI=1S/C16H19N3S/c1-11-14(9-18-19(11)3)15(17-2)8-12-10-20-16-7-5-4-6-13(12)16/h4-7,9-10,15,17H,8H2,1-3H3. The summed E-state index contributed by atoms with van der Waals surface area (Å²) in [6.07, 6.45) is 2.97. The largest absolute Gasteiger partial charge is 0.313 e. The van der Waals surface area contributed by atoms with Gasteiger partial charge in [0.05, 0.1) is 6.20 Å². The summed E-state index contributed by atoms with van der Waals surface area (Å²) < 4.78 is 3.30. The monoisotopic (exact) mass is 285 g/mol. The Hall–Kier alpha value is -1.65. The van der Waals surface area contributed by atoms with Crippen LogP contribution in [-0.2, 0) is 13.5 Å². The lowest BCUT2D eigenvalue weighted by Gasteiger charge is -2.15. The molecule has 1 unspecified atom stereocenters. The minimum atomic E-state index is 0.307. The van der Waals surface area contributed by atoms with E-state index < -0.39 is 0 Å². The molecule has 3 rings (SSSR count). The molecule has 20 heavy (non-hydrogen) atoms. The summed E-state index contributed by atoms with van der Waals surface area (Å²) in [5.74, 6) is 0. The Balaban J connectivity index is 1.94. The zero-order valence-corrected chi connectivity index (χ0v) is 12.9. The highest BCUT2D eigenvalue weighted by Gasteiger charge is 2.17. The molecule has 1 atom stereocenters. The van der Waals surface area contributed by atoms with Crippen LogP contribution >= 0.6 is 11.3 Å². The molecule has 0 aliphatic carbocycles. The summed E-state index contributed by atoms with van der Waals surface area (Å²) in [6, 6.07) is 8.92. The van der Waals surface area contributed by atoms with E-state index in [1.807, 2.05) is 36.3 Å². The van der Waals surface area contributed by atoms with Gasteiger partial charge in [-0.05, 0) is 42.8 Å². The molecular formula is C16H19N3S. The van der Waals surface area contributed by atoms with E-state index in [2.05, 4.69) is 47.0 Å². The molecule has 3 aromatic rings. The number of benzene rings is 1. The number of thiophene rings is 1. The molecule has 0 aliphatic rings. The molecule has 0 fully saturated rings. The van der Waals surface area contributed by atoms with Crippen LogP contribution in [0.3, 0.4) is 0 Å². The van der Waals surface area contributed by atoms with Gasteiger partial charge >= 0.3 is 0 Å². The van der Waals surface area contributed by atoms with Crippen molar-refractivity contribution >= 4 is 21.4 Å². The first-order valence-electron chi connectivity index (χ1n) is 6.81. The molecule has 0 saturated carbocycles.